The Balaban J connectivity index is 2.60. The molecule has 80 valence electrons. The highest BCUT2D eigenvalue weighted by atomic mass is 16.1. The molecule has 0 aromatic rings. The monoisotopic (exact) mass is 194 g/mol. The van der Waals surface area contributed by atoms with Gasteiger partial charge < -0.3 is 0 Å². The van der Waals surface area contributed by atoms with E-state index in [0.717, 1.165) is 24.8 Å². The number of hydrogen-bond donors (Lipinski definition) is 0. The molecule has 0 saturated heterocycles. The highest BCUT2D eigenvalue weighted by Crippen LogP contribution is 2.29. The maximum atomic E-state index is 11.8. The van der Waals surface area contributed by atoms with Gasteiger partial charge in [-0.05, 0) is 36.2 Å². The zero-order valence-corrected chi connectivity index (χ0v) is 9.84. The van der Waals surface area contributed by atoms with E-state index < -0.39 is 0 Å². The van der Waals surface area contributed by atoms with Gasteiger partial charge in [-0.2, -0.15) is 0 Å². The molecule has 0 radical (unpaired) electrons. The van der Waals surface area contributed by atoms with Crippen molar-refractivity contribution >= 4 is 5.78 Å². The molecule has 0 amide bonds. The van der Waals surface area contributed by atoms with E-state index in [2.05, 4.69) is 33.8 Å². The molecule has 1 rings (SSSR count). The third-order valence-electron chi connectivity index (χ3n) is 3.04. The van der Waals surface area contributed by atoms with Crippen molar-refractivity contribution in [1.82, 2.24) is 0 Å². The molecular formula is C13H22O. The van der Waals surface area contributed by atoms with Crippen LogP contribution in [-0.4, -0.2) is 5.78 Å². The summed E-state index contributed by atoms with van der Waals surface area (Å²) >= 11 is 0. The summed E-state index contributed by atoms with van der Waals surface area (Å²) in [5.41, 5.74) is 1.08. The third kappa shape index (κ3) is 2.97. The van der Waals surface area contributed by atoms with E-state index in [9.17, 15) is 4.79 Å². The van der Waals surface area contributed by atoms with Crippen molar-refractivity contribution in [3.05, 3.63) is 11.6 Å². The number of rotatable bonds is 3. The number of carbonyl (C=O) groups excluding carboxylic acids is 1. The predicted octanol–water partition coefficient (Wildman–Crippen LogP) is 3.59. The van der Waals surface area contributed by atoms with Crippen molar-refractivity contribution in [3.63, 3.8) is 0 Å². The maximum absolute atomic E-state index is 11.8. The van der Waals surface area contributed by atoms with Crippen LogP contribution >= 0.6 is 0 Å². The minimum Gasteiger partial charge on any atom is -0.295 e. The van der Waals surface area contributed by atoms with Crippen LogP contribution in [0.1, 0.15) is 47.0 Å². The van der Waals surface area contributed by atoms with Gasteiger partial charge in [0, 0.05) is 6.42 Å². The third-order valence-corrected chi connectivity index (χ3v) is 3.04. The molecule has 1 nitrogen and oxygen atoms in total. The molecule has 0 aromatic carbocycles. The Morgan fingerprint density at radius 1 is 1.36 bits per heavy atom. The van der Waals surface area contributed by atoms with Gasteiger partial charge in [0.2, 0.25) is 0 Å². The van der Waals surface area contributed by atoms with Gasteiger partial charge in [-0.15, -0.1) is 0 Å². The summed E-state index contributed by atoms with van der Waals surface area (Å²) < 4.78 is 0. The van der Waals surface area contributed by atoms with E-state index in [1.54, 1.807) is 0 Å². The Labute approximate surface area is 87.6 Å². The summed E-state index contributed by atoms with van der Waals surface area (Å²) in [5, 5.41) is 0. The lowest BCUT2D eigenvalue weighted by molar-refractivity contribution is -0.117. The molecule has 0 saturated carbocycles. The lowest BCUT2D eigenvalue weighted by atomic mass is 9.80. The van der Waals surface area contributed by atoms with Crippen LogP contribution in [-0.2, 0) is 4.79 Å². The lowest BCUT2D eigenvalue weighted by Crippen LogP contribution is -2.20. The molecule has 0 spiro atoms. The number of allylic oxidation sites excluding steroid dienone is 2. The molecule has 1 unspecified atom stereocenters. The molecule has 0 aliphatic heterocycles. The molecule has 0 aromatic heterocycles. The van der Waals surface area contributed by atoms with Crippen molar-refractivity contribution in [3.8, 4) is 0 Å². The minimum absolute atomic E-state index is 0.392. The fraction of sp³-hybridized carbons (Fsp3) is 0.769. The van der Waals surface area contributed by atoms with E-state index >= 15 is 0 Å². The van der Waals surface area contributed by atoms with Crippen molar-refractivity contribution in [1.29, 1.82) is 0 Å². The fourth-order valence-electron chi connectivity index (χ4n) is 2.00. The molecule has 1 aliphatic rings. The number of ketones is 1. The second kappa shape index (κ2) is 4.77. The van der Waals surface area contributed by atoms with Crippen LogP contribution in [0.25, 0.3) is 0 Å². The van der Waals surface area contributed by atoms with Crippen LogP contribution in [0.5, 0.6) is 0 Å². The first-order chi connectivity index (χ1) is 6.50. The molecule has 0 fully saturated rings. The predicted molar refractivity (Wildman–Crippen MR) is 60.1 cm³/mol. The first kappa shape index (κ1) is 11.5. The zero-order valence-electron chi connectivity index (χ0n) is 9.84. The molecule has 1 heteroatoms. The molecular weight excluding hydrogens is 172 g/mol. The number of Topliss-reactive ketones (excluding diaryl/α,β-unsaturated/α-hetero) is 1. The quantitative estimate of drug-likeness (QED) is 0.671. The Bertz CT molecular complexity index is 236. The van der Waals surface area contributed by atoms with Gasteiger partial charge in [-0.3, -0.25) is 4.79 Å². The normalized spacial score (nSPS) is 23.1. The van der Waals surface area contributed by atoms with Crippen molar-refractivity contribution in [2.75, 3.05) is 0 Å². The molecule has 14 heavy (non-hydrogen) atoms. The van der Waals surface area contributed by atoms with E-state index in [0.29, 0.717) is 23.5 Å². The van der Waals surface area contributed by atoms with E-state index in [1.165, 1.54) is 0 Å². The minimum atomic E-state index is 0.392. The fourth-order valence-corrected chi connectivity index (χ4v) is 2.00. The van der Waals surface area contributed by atoms with Crippen LogP contribution in [0.4, 0.5) is 0 Å². The summed E-state index contributed by atoms with van der Waals surface area (Å²) in [6.07, 6.45) is 5.02. The maximum Gasteiger partial charge on any atom is 0.158 e. The van der Waals surface area contributed by atoms with Crippen LogP contribution in [0.3, 0.4) is 0 Å². The molecule has 1 aliphatic carbocycles. The second-order valence-corrected chi connectivity index (χ2v) is 5.19. The smallest absolute Gasteiger partial charge is 0.158 e. The number of hydrogen-bond acceptors (Lipinski definition) is 1. The average Bonchev–Trinajstić information content (AvgIpc) is 2.07. The van der Waals surface area contributed by atoms with Gasteiger partial charge in [0.25, 0.3) is 0 Å². The summed E-state index contributed by atoms with van der Waals surface area (Å²) in [7, 11) is 0. The van der Waals surface area contributed by atoms with Crippen molar-refractivity contribution in [2.24, 2.45) is 17.8 Å². The van der Waals surface area contributed by atoms with Crippen molar-refractivity contribution < 1.29 is 4.79 Å². The first-order valence-electron chi connectivity index (χ1n) is 5.73. The summed E-state index contributed by atoms with van der Waals surface area (Å²) in [6, 6.07) is 0. The first-order valence-corrected chi connectivity index (χ1v) is 5.73. The van der Waals surface area contributed by atoms with Gasteiger partial charge in [0.15, 0.2) is 5.78 Å². The van der Waals surface area contributed by atoms with Gasteiger partial charge >= 0.3 is 0 Å². The largest absolute Gasteiger partial charge is 0.295 e. The van der Waals surface area contributed by atoms with E-state index in [4.69, 9.17) is 0 Å². The van der Waals surface area contributed by atoms with Gasteiger partial charge in [-0.1, -0.05) is 33.8 Å². The summed E-state index contributed by atoms with van der Waals surface area (Å²) in [4.78, 5) is 11.8. The highest BCUT2D eigenvalue weighted by molar-refractivity contribution is 5.96. The second-order valence-electron chi connectivity index (χ2n) is 5.19. The van der Waals surface area contributed by atoms with Gasteiger partial charge in [0.05, 0.1) is 0 Å². The topological polar surface area (TPSA) is 17.1 Å². The van der Waals surface area contributed by atoms with Crippen LogP contribution in [0, 0.1) is 17.8 Å². The van der Waals surface area contributed by atoms with Crippen LogP contribution in [0.15, 0.2) is 11.6 Å². The van der Waals surface area contributed by atoms with Gasteiger partial charge in [-0.25, -0.2) is 0 Å². The lowest BCUT2D eigenvalue weighted by Gasteiger charge is -2.24. The summed E-state index contributed by atoms with van der Waals surface area (Å²) in [5.74, 6) is 2.21. The Hall–Kier alpha value is -0.590. The van der Waals surface area contributed by atoms with Crippen LogP contribution in [0.2, 0.25) is 0 Å². The Kier molecular flexibility index (Phi) is 3.91. The standard InChI is InChI=1S/C13H22O/c1-9(2)7-12-6-5-11(10(3)4)8-13(12)14/h6,9-11H,5,7-8H2,1-4H3. The molecule has 1 atom stereocenters. The van der Waals surface area contributed by atoms with E-state index in [1.807, 2.05) is 0 Å². The Morgan fingerprint density at radius 3 is 2.43 bits per heavy atom. The van der Waals surface area contributed by atoms with Crippen molar-refractivity contribution in [2.45, 2.75) is 47.0 Å². The Morgan fingerprint density at radius 2 is 2.00 bits per heavy atom. The molecule has 0 heterocycles. The number of carbonyl (C=O) groups is 1. The van der Waals surface area contributed by atoms with E-state index in [-0.39, 0.29) is 0 Å². The summed E-state index contributed by atoms with van der Waals surface area (Å²) in [6.45, 7) is 8.75. The highest BCUT2D eigenvalue weighted by Gasteiger charge is 2.23. The van der Waals surface area contributed by atoms with Crippen LogP contribution < -0.4 is 0 Å². The van der Waals surface area contributed by atoms with Gasteiger partial charge in [0.1, 0.15) is 0 Å². The molecule has 0 bridgehead atoms. The zero-order chi connectivity index (χ0) is 10.7. The average molecular weight is 194 g/mol. The molecule has 0 N–H and O–H groups in total. The SMILES string of the molecule is CC(C)CC1=CCC(C(C)C)CC1=O.